The molecule has 2 heteroatoms. The maximum atomic E-state index is 6.24. The predicted octanol–water partition coefficient (Wildman–Crippen LogP) is 9.93. The highest BCUT2D eigenvalue weighted by atomic mass is 16.3. The zero-order valence-corrected chi connectivity index (χ0v) is 20.1. The monoisotopic (exact) mass is 465 g/mol. The minimum absolute atomic E-state index is 0.746. The summed E-state index contributed by atoms with van der Waals surface area (Å²) in [5, 5.41) is 5.90. The molecule has 0 saturated heterocycles. The first kappa shape index (κ1) is 21.0. The van der Waals surface area contributed by atoms with Gasteiger partial charge in [0.1, 0.15) is 11.2 Å². The SMILES string of the molecule is c1cc(Nc2ccc(-c3cccc4c3oc3ccccc34)cc2)cc(-c2cccc(C3CCC3)c2)c1. The minimum atomic E-state index is 0.746. The number of para-hydroxylation sites is 2. The number of hydrogen-bond acceptors (Lipinski definition) is 2. The Bertz CT molecular complexity index is 1690. The number of anilines is 2. The smallest absolute Gasteiger partial charge is 0.143 e. The van der Waals surface area contributed by atoms with Crippen LogP contribution in [0.4, 0.5) is 11.4 Å². The molecule has 1 saturated carbocycles. The lowest BCUT2D eigenvalue weighted by Gasteiger charge is -2.26. The predicted molar refractivity (Wildman–Crippen MR) is 151 cm³/mol. The summed E-state index contributed by atoms with van der Waals surface area (Å²) in [6.07, 6.45) is 4.01. The fourth-order valence-corrected chi connectivity index (χ4v) is 5.36. The Kier molecular flexibility index (Phi) is 5.10. The molecule has 5 aromatic carbocycles. The van der Waals surface area contributed by atoms with Crippen molar-refractivity contribution < 1.29 is 4.42 Å². The van der Waals surface area contributed by atoms with Crippen LogP contribution >= 0.6 is 0 Å². The average molecular weight is 466 g/mol. The molecule has 2 nitrogen and oxygen atoms in total. The second kappa shape index (κ2) is 8.73. The third-order valence-corrected chi connectivity index (χ3v) is 7.55. The van der Waals surface area contributed by atoms with E-state index in [-0.39, 0.29) is 0 Å². The Balaban J connectivity index is 1.15. The molecule has 0 radical (unpaired) electrons. The number of nitrogens with one attached hydrogen (secondary N) is 1. The van der Waals surface area contributed by atoms with E-state index in [2.05, 4.69) is 108 Å². The molecule has 0 aliphatic heterocycles. The van der Waals surface area contributed by atoms with E-state index in [1.807, 2.05) is 12.1 Å². The van der Waals surface area contributed by atoms with Gasteiger partial charge in [-0.3, -0.25) is 0 Å². The highest BCUT2D eigenvalue weighted by Gasteiger charge is 2.19. The van der Waals surface area contributed by atoms with Crippen LogP contribution in [0, 0.1) is 0 Å². The molecule has 1 aliphatic carbocycles. The summed E-state index contributed by atoms with van der Waals surface area (Å²) in [5.41, 5.74) is 10.3. The fraction of sp³-hybridized carbons (Fsp3) is 0.118. The average Bonchev–Trinajstić information content (AvgIpc) is 3.28. The summed E-state index contributed by atoms with van der Waals surface area (Å²) in [6, 6.07) is 41.0. The van der Waals surface area contributed by atoms with Crippen LogP contribution in [-0.2, 0) is 0 Å². The van der Waals surface area contributed by atoms with Gasteiger partial charge in [-0.25, -0.2) is 0 Å². The normalized spacial score (nSPS) is 13.7. The van der Waals surface area contributed by atoms with Crippen molar-refractivity contribution in [2.24, 2.45) is 0 Å². The summed E-state index contributed by atoms with van der Waals surface area (Å²) < 4.78 is 6.24. The van der Waals surface area contributed by atoms with E-state index >= 15 is 0 Å². The van der Waals surface area contributed by atoms with Crippen molar-refractivity contribution in [2.45, 2.75) is 25.2 Å². The third kappa shape index (κ3) is 3.76. The van der Waals surface area contributed by atoms with Crippen molar-refractivity contribution in [3.8, 4) is 22.3 Å². The van der Waals surface area contributed by atoms with E-state index in [1.54, 1.807) is 0 Å². The molecule has 0 bridgehead atoms. The van der Waals surface area contributed by atoms with Crippen LogP contribution in [0.15, 0.2) is 120 Å². The molecule has 0 spiro atoms. The van der Waals surface area contributed by atoms with E-state index in [1.165, 1.54) is 36.0 Å². The summed E-state index contributed by atoms with van der Waals surface area (Å²) in [4.78, 5) is 0. The van der Waals surface area contributed by atoms with Crippen LogP contribution in [-0.4, -0.2) is 0 Å². The lowest BCUT2D eigenvalue weighted by Crippen LogP contribution is -2.08. The second-order valence-electron chi connectivity index (χ2n) is 9.82. The molecule has 1 aliphatic rings. The molecule has 174 valence electrons. The van der Waals surface area contributed by atoms with Gasteiger partial charge in [0.2, 0.25) is 0 Å². The van der Waals surface area contributed by atoms with Crippen LogP contribution in [0.5, 0.6) is 0 Å². The van der Waals surface area contributed by atoms with Crippen LogP contribution in [0.3, 0.4) is 0 Å². The number of benzene rings is 5. The maximum Gasteiger partial charge on any atom is 0.143 e. The quantitative estimate of drug-likeness (QED) is 0.274. The molecular formula is C34H27NO. The highest BCUT2D eigenvalue weighted by Crippen LogP contribution is 2.38. The van der Waals surface area contributed by atoms with Crippen LogP contribution in [0.2, 0.25) is 0 Å². The lowest BCUT2D eigenvalue weighted by molar-refractivity contribution is 0.420. The molecule has 0 amide bonds. The van der Waals surface area contributed by atoms with Crippen LogP contribution < -0.4 is 5.32 Å². The molecule has 0 unspecified atom stereocenters. The van der Waals surface area contributed by atoms with Gasteiger partial charge >= 0.3 is 0 Å². The Morgan fingerprint density at radius 3 is 2.17 bits per heavy atom. The number of furan rings is 1. The fourth-order valence-electron chi connectivity index (χ4n) is 5.36. The van der Waals surface area contributed by atoms with E-state index in [0.717, 1.165) is 50.4 Å². The Labute approximate surface area is 211 Å². The largest absolute Gasteiger partial charge is 0.455 e. The van der Waals surface area contributed by atoms with Crippen LogP contribution in [0.25, 0.3) is 44.2 Å². The number of hydrogen-bond donors (Lipinski definition) is 1. The first-order valence-corrected chi connectivity index (χ1v) is 12.8. The molecule has 1 heterocycles. The Hall–Kier alpha value is -4.30. The van der Waals surface area contributed by atoms with E-state index in [4.69, 9.17) is 4.42 Å². The van der Waals surface area contributed by atoms with E-state index in [9.17, 15) is 0 Å². The molecular weight excluding hydrogens is 438 g/mol. The van der Waals surface area contributed by atoms with Gasteiger partial charge in [-0.15, -0.1) is 0 Å². The van der Waals surface area contributed by atoms with Gasteiger partial charge in [0.25, 0.3) is 0 Å². The number of rotatable bonds is 5. The second-order valence-corrected chi connectivity index (χ2v) is 9.82. The van der Waals surface area contributed by atoms with Crippen molar-refractivity contribution in [3.63, 3.8) is 0 Å². The molecule has 7 rings (SSSR count). The summed E-state index contributed by atoms with van der Waals surface area (Å²) in [5.74, 6) is 0.746. The van der Waals surface area contributed by atoms with Crippen molar-refractivity contribution in [2.75, 3.05) is 5.32 Å². The zero-order chi connectivity index (χ0) is 23.9. The molecule has 6 aromatic rings. The summed E-state index contributed by atoms with van der Waals surface area (Å²) in [6.45, 7) is 0. The van der Waals surface area contributed by atoms with Gasteiger partial charge in [0.15, 0.2) is 0 Å². The van der Waals surface area contributed by atoms with Crippen LogP contribution in [0.1, 0.15) is 30.7 Å². The van der Waals surface area contributed by atoms with Gasteiger partial charge in [-0.1, -0.05) is 91.3 Å². The molecule has 36 heavy (non-hydrogen) atoms. The van der Waals surface area contributed by atoms with Gasteiger partial charge in [0.05, 0.1) is 0 Å². The van der Waals surface area contributed by atoms with Crippen molar-refractivity contribution >= 4 is 33.3 Å². The van der Waals surface area contributed by atoms with Crippen molar-refractivity contribution in [1.29, 1.82) is 0 Å². The number of fused-ring (bicyclic) bond motifs is 3. The highest BCUT2D eigenvalue weighted by molar-refractivity contribution is 6.09. The van der Waals surface area contributed by atoms with E-state index in [0.29, 0.717) is 0 Å². The van der Waals surface area contributed by atoms with Crippen molar-refractivity contribution in [3.05, 3.63) is 121 Å². The lowest BCUT2D eigenvalue weighted by atomic mass is 9.79. The van der Waals surface area contributed by atoms with Gasteiger partial charge in [0, 0.05) is 27.7 Å². The molecule has 1 aromatic heterocycles. The Morgan fingerprint density at radius 2 is 1.33 bits per heavy atom. The maximum absolute atomic E-state index is 6.24. The zero-order valence-electron chi connectivity index (χ0n) is 20.1. The van der Waals surface area contributed by atoms with Gasteiger partial charge in [-0.05, 0) is 71.3 Å². The minimum Gasteiger partial charge on any atom is -0.455 e. The van der Waals surface area contributed by atoms with Gasteiger partial charge < -0.3 is 9.73 Å². The molecule has 0 atom stereocenters. The Morgan fingerprint density at radius 1 is 0.583 bits per heavy atom. The van der Waals surface area contributed by atoms with Gasteiger partial charge in [-0.2, -0.15) is 0 Å². The van der Waals surface area contributed by atoms with E-state index < -0.39 is 0 Å². The molecule has 1 N–H and O–H groups in total. The topological polar surface area (TPSA) is 25.2 Å². The first-order chi connectivity index (χ1) is 17.8. The molecule has 1 fully saturated rings. The summed E-state index contributed by atoms with van der Waals surface area (Å²) >= 11 is 0. The summed E-state index contributed by atoms with van der Waals surface area (Å²) in [7, 11) is 0. The van der Waals surface area contributed by atoms with Crippen molar-refractivity contribution in [1.82, 2.24) is 0 Å². The standard InChI is InChI=1S/C34H27NO/c1-2-16-33-31(13-1)32-15-6-14-30(34(32)36-33)24-17-19-28(20-18-24)35-29-12-5-11-27(22-29)26-10-4-9-25(21-26)23-7-3-8-23/h1-2,4-6,9-23,35H,3,7-8H2. The first-order valence-electron chi connectivity index (χ1n) is 12.8. The third-order valence-electron chi connectivity index (χ3n) is 7.55.